The van der Waals surface area contributed by atoms with Gasteiger partial charge in [0.05, 0.1) is 20.3 Å². The van der Waals surface area contributed by atoms with E-state index in [1.54, 1.807) is 14.2 Å². The number of rotatable bonds is 8. The molecule has 0 heterocycles. The lowest BCUT2D eigenvalue weighted by Crippen LogP contribution is -2.30. The number of ether oxygens (including phenoxy) is 2. The lowest BCUT2D eigenvalue weighted by Gasteiger charge is -2.19. The minimum Gasteiger partial charge on any atom is -0.497 e. The number of nitrogens with one attached hydrogen (secondary N) is 1. The standard InChI is InChI=1S/C14H24N2O2S/c1-10(2)8-19-9-13(16-15)12-6-5-11(17-3)7-14(12)18-4/h5-7,10,13,16H,8-9,15H2,1-4H3. The molecule has 0 aliphatic heterocycles. The van der Waals surface area contributed by atoms with Crippen LogP contribution in [0.15, 0.2) is 18.2 Å². The molecule has 0 spiro atoms. The van der Waals surface area contributed by atoms with Gasteiger partial charge >= 0.3 is 0 Å². The molecule has 0 saturated heterocycles. The van der Waals surface area contributed by atoms with Crippen molar-refractivity contribution >= 4 is 11.8 Å². The average Bonchev–Trinajstić information content (AvgIpc) is 2.42. The molecule has 5 heteroatoms. The third-order valence-corrected chi connectivity index (χ3v) is 4.22. The molecule has 0 bridgehead atoms. The third-order valence-electron chi connectivity index (χ3n) is 2.75. The Morgan fingerprint density at radius 2 is 1.95 bits per heavy atom. The van der Waals surface area contributed by atoms with Crippen LogP contribution in [0.4, 0.5) is 0 Å². The highest BCUT2D eigenvalue weighted by molar-refractivity contribution is 7.99. The summed E-state index contributed by atoms with van der Waals surface area (Å²) in [5, 5.41) is 0. The number of nitrogens with two attached hydrogens (primary N) is 1. The highest BCUT2D eigenvalue weighted by atomic mass is 32.2. The number of methoxy groups -OCH3 is 2. The lowest BCUT2D eigenvalue weighted by molar-refractivity contribution is 0.386. The quantitative estimate of drug-likeness (QED) is 0.567. The molecule has 4 nitrogen and oxygen atoms in total. The fourth-order valence-corrected chi connectivity index (χ4v) is 2.87. The van der Waals surface area contributed by atoms with Crippen molar-refractivity contribution in [3.05, 3.63) is 23.8 Å². The van der Waals surface area contributed by atoms with Crippen molar-refractivity contribution in [3.63, 3.8) is 0 Å². The van der Waals surface area contributed by atoms with Gasteiger partial charge in [-0.05, 0) is 23.8 Å². The normalized spacial score (nSPS) is 12.5. The maximum absolute atomic E-state index is 5.67. The fraction of sp³-hybridized carbons (Fsp3) is 0.571. The molecular formula is C14H24N2O2S. The van der Waals surface area contributed by atoms with Crippen molar-refractivity contribution in [1.82, 2.24) is 5.43 Å². The van der Waals surface area contributed by atoms with Crippen LogP contribution in [0.2, 0.25) is 0 Å². The predicted octanol–water partition coefficient (Wildman–Crippen LogP) is 2.60. The van der Waals surface area contributed by atoms with E-state index in [1.165, 1.54) is 0 Å². The maximum Gasteiger partial charge on any atom is 0.127 e. The fourth-order valence-electron chi connectivity index (χ4n) is 1.76. The van der Waals surface area contributed by atoms with Gasteiger partial charge < -0.3 is 9.47 Å². The van der Waals surface area contributed by atoms with E-state index in [4.69, 9.17) is 15.3 Å². The first-order chi connectivity index (χ1) is 9.12. The molecule has 108 valence electrons. The van der Waals surface area contributed by atoms with Gasteiger partial charge in [0, 0.05) is 17.4 Å². The second kappa shape index (κ2) is 8.30. The molecule has 0 aromatic heterocycles. The van der Waals surface area contributed by atoms with Gasteiger partial charge in [-0.3, -0.25) is 11.3 Å². The van der Waals surface area contributed by atoms with Crippen molar-refractivity contribution in [1.29, 1.82) is 0 Å². The molecule has 1 aromatic carbocycles. The Hall–Kier alpha value is -0.910. The van der Waals surface area contributed by atoms with Crippen molar-refractivity contribution in [3.8, 4) is 11.5 Å². The summed E-state index contributed by atoms with van der Waals surface area (Å²) in [4.78, 5) is 0. The Kier molecular flexibility index (Phi) is 7.05. The zero-order valence-corrected chi connectivity index (χ0v) is 12.9. The SMILES string of the molecule is COc1ccc(C(CSCC(C)C)NN)c(OC)c1. The number of thioether (sulfide) groups is 1. The van der Waals surface area contributed by atoms with Gasteiger partial charge in [0.2, 0.25) is 0 Å². The summed E-state index contributed by atoms with van der Waals surface area (Å²) in [6.07, 6.45) is 0. The van der Waals surface area contributed by atoms with Crippen LogP contribution in [-0.2, 0) is 0 Å². The van der Waals surface area contributed by atoms with Crippen molar-refractivity contribution in [2.45, 2.75) is 19.9 Å². The van der Waals surface area contributed by atoms with Crippen molar-refractivity contribution < 1.29 is 9.47 Å². The summed E-state index contributed by atoms with van der Waals surface area (Å²) in [6, 6.07) is 5.88. The van der Waals surface area contributed by atoms with E-state index in [2.05, 4.69) is 19.3 Å². The first-order valence-electron chi connectivity index (χ1n) is 6.38. The molecular weight excluding hydrogens is 260 g/mol. The van der Waals surface area contributed by atoms with E-state index >= 15 is 0 Å². The predicted molar refractivity (Wildman–Crippen MR) is 81.8 cm³/mol. The molecule has 19 heavy (non-hydrogen) atoms. The second-order valence-electron chi connectivity index (χ2n) is 4.76. The Morgan fingerprint density at radius 1 is 1.21 bits per heavy atom. The van der Waals surface area contributed by atoms with Crippen LogP contribution in [0.5, 0.6) is 11.5 Å². The molecule has 1 aromatic rings. The zero-order chi connectivity index (χ0) is 14.3. The Bertz CT molecular complexity index is 386. The van der Waals surface area contributed by atoms with E-state index in [1.807, 2.05) is 30.0 Å². The van der Waals surface area contributed by atoms with Crippen molar-refractivity contribution in [2.75, 3.05) is 25.7 Å². The third kappa shape index (κ3) is 4.93. The van der Waals surface area contributed by atoms with E-state index in [9.17, 15) is 0 Å². The summed E-state index contributed by atoms with van der Waals surface area (Å²) in [5.41, 5.74) is 3.92. The van der Waals surface area contributed by atoms with Gasteiger partial charge in [0.25, 0.3) is 0 Å². The first kappa shape index (κ1) is 16.1. The van der Waals surface area contributed by atoms with E-state index in [0.717, 1.165) is 28.6 Å². The minimum absolute atomic E-state index is 0.0737. The van der Waals surface area contributed by atoms with Gasteiger partial charge in [-0.25, -0.2) is 0 Å². The Balaban J connectivity index is 2.79. The van der Waals surface area contributed by atoms with Crippen LogP contribution in [0, 0.1) is 5.92 Å². The highest BCUT2D eigenvalue weighted by Gasteiger charge is 2.15. The molecule has 0 radical (unpaired) electrons. The van der Waals surface area contributed by atoms with Gasteiger partial charge in [-0.15, -0.1) is 0 Å². The van der Waals surface area contributed by atoms with Crippen LogP contribution in [0.25, 0.3) is 0 Å². The molecule has 0 amide bonds. The topological polar surface area (TPSA) is 56.5 Å². The van der Waals surface area contributed by atoms with Gasteiger partial charge in [0.1, 0.15) is 11.5 Å². The van der Waals surface area contributed by atoms with Crippen LogP contribution < -0.4 is 20.7 Å². The second-order valence-corrected chi connectivity index (χ2v) is 5.83. The molecule has 0 saturated carbocycles. The summed E-state index contributed by atoms with van der Waals surface area (Å²) in [5.74, 6) is 9.97. The lowest BCUT2D eigenvalue weighted by atomic mass is 10.1. The number of hydrazine groups is 1. The van der Waals surface area contributed by atoms with E-state index in [0.29, 0.717) is 5.92 Å². The summed E-state index contributed by atoms with van der Waals surface area (Å²) in [6.45, 7) is 4.43. The van der Waals surface area contributed by atoms with Crippen molar-refractivity contribution in [2.24, 2.45) is 11.8 Å². The zero-order valence-electron chi connectivity index (χ0n) is 12.1. The Morgan fingerprint density at radius 3 is 2.47 bits per heavy atom. The average molecular weight is 284 g/mol. The highest BCUT2D eigenvalue weighted by Crippen LogP contribution is 2.31. The van der Waals surface area contributed by atoms with E-state index in [-0.39, 0.29) is 6.04 Å². The molecule has 0 aliphatic carbocycles. The molecule has 1 unspecified atom stereocenters. The van der Waals surface area contributed by atoms with Gasteiger partial charge in [-0.2, -0.15) is 11.8 Å². The van der Waals surface area contributed by atoms with Gasteiger partial charge in [-0.1, -0.05) is 13.8 Å². The summed E-state index contributed by atoms with van der Waals surface area (Å²) < 4.78 is 10.6. The number of hydrogen-bond donors (Lipinski definition) is 2. The van der Waals surface area contributed by atoms with E-state index < -0.39 is 0 Å². The maximum atomic E-state index is 5.67. The smallest absolute Gasteiger partial charge is 0.127 e. The Labute approximate surface area is 120 Å². The molecule has 3 N–H and O–H groups in total. The minimum atomic E-state index is 0.0737. The number of hydrogen-bond acceptors (Lipinski definition) is 5. The molecule has 0 fully saturated rings. The van der Waals surface area contributed by atoms with Crippen LogP contribution in [-0.4, -0.2) is 25.7 Å². The molecule has 1 atom stereocenters. The van der Waals surface area contributed by atoms with Crippen LogP contribution >= 0.6 is 11.8 Å². The summed E-state index contributed by atoms with van der Waals surface area (Å²) >= 11 is 1.89. The largest absolute Gasteiger partial charge is 0.497 e. The molecule has 1 rings (SSSR count). The summed E-state index contributed by atoms with van der Waals surface area (Å²) in [7, 11) is 3.30. The first-order valence-corrected chi connectivity index (χ1v) is 7.53. The molecule has 0 aliphatic rings. The van der Waals surface area contributed by atoms with Gasteiger partial charge in [0.15, 0.2) is 0 Å². The van der Waals surface area contributed by atoms with Crippen LogP contribution in [0.1, 0.15) is 25.5 Å². The van der Waals surface area contributed by atoms with Crippen LogP contribution in [0.3, 0.4) is 0 Å². The monoisotopic (exact) mass is 284 g/mol. The number of benzene rings is 1.